The lowest BCUT2D eigenvalue weighted by Gasteiger charge is -2.01. The van der Waals surface area contributed by atoms with Crippen molar-refractivity contribution in [1.82, 2.24) is 9.97 Å². The Labute approximate surface area is 68.3 Å². The van der Waals surface area contributed by atoms with Gasteiger partial charge in [-0.05, 0) is 4.92 Å². The van der Waals surface area contributed by atoms with Gasteiger partial charge in [-0.15, -0.1) is 0 Å². The van der Waals surface area contributed by atoms with Crippen LogP contribution < -0.4 is 10.6 Å². The minimum Gasteiger partial charge on any atom is -0.377 e. The molecule has 0 aliphatic rings. The van der Waals surface area contributed by atoms with Crippen LogP contribution in [0.3, 0.4) is 0 Å². The van der Waals surface area contributed by atoms with Gasteiger partial charge in [0, 0.05) is 14.1 Å². The lowest BCUT2D eigenvalue weighted by atomic mass is 10.7. The molecule has 0 radical (unpaired) electrons. The zero-order valence-corrected chi connectivity index (χ0v) is 6.74. The van der Waals surface area contributed by atoms with Crippen LogP contribution in [0.1, 0.15) is 0 Å². The highest BCUT2D eigenvalue weighted by Gasteiger charge is 2.17. The van der Waals surface area contributed by atoms with Crippen LogP contribution in [-0.4, -0.2) is 29.0 Å². The summed E-state index contributed by atoms with van der Waals surface area (Å²) in [4.78, 5) is 17.5. The highest BCUT2D eigenvalue weighted by molar-refractivity contribution is 5.53. The first-order chi connectivity index (χ1) is 5.52. The molecule has 1 heterocycles. The van der Waals surface area contributed by atoms with Crippen LogP contribution in [0.4, 0.5) is 17.6 Å². The molecular weight excluding hydrogens is 162 g/mol. The summed E-state index contributed by atoms with van der Waals surface area (Å²) >= 11 is 0. The molecule has 7 nitrogen and oxygen atoms in total. The van der Waals surface area contributed by atoms with Crippen molar-refractivity contribution >= 4 is 17.6 Å². The first kappa shape index (κ1) is 8.31. The number of H-pyrrole nitrogens is 1. The van der Waals surface area contributed by atoms with Gasteiger partial charge >= 0.3 is 5.82 Å². The minimum atomic E-state index is -0.602. The van der Waals surface area contributed by atoms with Crippen molar-refractivity contribution < 1.29 is 4.92 Å². The molecule has 0 saturated carbocycles. The van der Waals surface area contributed by atoms with Gasteiger partial charge in [0.25, 0.3) is 5.95 Å². The van der Waals surface area contributed by atoms with Gasteiger partial charge in [0.05, 0.1) is 0 Å². The highest BCUT2D eigenvalue weighted by atomic mass is 16.6. The zero-order chi connectivity index (χ0) is 9.30. The van der Waals surface area contributed by atoms with Crippen LogP contribution >= 0.6 is 0 Å². The third-order valence-corrected chi connectivity index (χ3v) is 1.31. The molecule has 0 amide bonds. The van der Waals surface area contributed by atoms with E-state index < -0.39 is 4.92 Å². The Morgan fingerprint density at radius 2 is 2.25 bits per heavy atom. The van der Waals surface area contributed by atoms with E-state index in [0.717, 1.165) is 0 Å². The lowest BCUT2D eigenvalue weighted by molar-refractivity contribution is -0.388. The second-order valence-electron chi connectivity index (χ2n) is 2.45. The molecular formula is C5H9N5O2. The summed E-state index contributed by atoms with van der Waals surface area (Å²) in [5, 5.41) is 10.3. The summed E-state index contributed by atoms with van der Waals surface area (Å²) in [7, 11) is 3.42. The molecule has 0 bridgehead atoms. The fourth-order valence-corrected chi connectivity index (χ4v) is 0.716. The predicted molar refractivity (Wildman–Crippen MR) is 44.0 cm³/mol. The molecule has 0 aliphatic carbocycles. The molecule has 1 aromatic heterocycles. The molecule has 0 unspecified atom stereocenters. The van der Waals surface area contributed by atoms with Gasteiger partial charge in [-0.3, -0.25) is 0 Å². The number of hydrogen-bond acceptors (Lipinski definition) is 5. The maximum atomic E-state index is 10.3. The van der Waals surface area contributed by atoms with Gasteiger partial charge in [0.1, 0.15) is 0 Å². The first-order valence-electron chi connectivity index (χ1n) is 3.19. The summed E-state index contributed by atoms with van der Waals surface area (Å²) < 4.78 is 0. The van der Waals surface area contributed by atoms with Crippen LogP contribution in [0.25, 0.3) is 0 Å². The molecule has 3 N–H and O–H groups in total. The molecule has 0 atom stereocenters. The summed E-state index contributed by atoms with van der Waals surface area (Å²) in [6.07, 6.45) is 0. The lowest BCUT2D eigenvalue weighted by Crippen LogP contribution is -2.10. The quantitative estimate of drug-likeness (QED) is 0.480. The van der Waals surface area contributed by atoms with E-state index in [9.17, 15) is 10.1 Å². The average molecular weight is 171 g/mol. The van der Waals surface area contributed by atoms with Crippen molar-refractivity contribution in [3.8, 4) is 0 Å². The van der Waals surface area contributed by atoms with E-state index >= 15 is 0 Å². The fourth-order valence-electron chi connectivity index (χ4n) is 0.716. The van der Waals surface area contributed by atoms with Crippen molar-refractivity contribution in [3.05, 3.63) is 10.1 Å². The van der Waals surface area contributed by atoms with Crippen molar-refractivity contribution in [2.24, 2.45) is 0 Å². The molecule has 1 rings (SSSR count). The number of nitrogens with two attached hydrogens (primary N) is 1. The Bertz CT molecular complexity index is 305. The van der Waals surface area contributed by atoms with E-state index in [0.29, 0.717) is 5.95 Å². The average Bonchev–Trinajstić information content (AvgIpc) is 2.30. The number of nitrogens with one attached hydrogen (secondary N) is 1. The molecule has 66 valence electrons. The second kappa shape index (κ2) is 2.68. The molecule has 0 aliphatic heterocycles. The maximum absolute atomic E-state index is 10.3. The van der Waals surface area contributed by atoms with Gasteiger partial charge < -0.3 is 20.7 Å². The van der Waals surface area contributed by atoms with Crippen LogP contribution in [0.5, 0.6) is 0 Å². The van der Waals surface area contributed by atoms with Crippen molar-refractivity contribution in [2.75, 3.05) is 24.7 Å². The van der Waals surface area contributed by atoms with Crippen molar-refractivity contribution in [2.45, 2.75) is 0 Å². The van der Waals surface area contributed by atoms with Crippen LogP contribution in [0, 0.1) is 10.1 Å². The molecule has 0 aromatic carbocycles. The summed E-state index contributed by atoms with van der Waals surface area (Å²) in [5.41, 5.74) is 5.27. The number of nitrogen functional groups attached to an aromatic ring is 1. The van der Waals surface area contributed by atoms with Gasteiger partial charge in [-0.25, -0.2) is 4.98 Å². The molecule has 12 heavy (non-hydrogen) atoms. The maximum Gasteiger partial charge on any atom is 0.366 e. The summed E-state index contributed by atoms with van der Waals surface area (Å²) in [5.74, 6) is 0.0154. The Balaban J connectivity index is 3.09. The largest absolute Gasteiger partial charge is 0.377 e. The van der Waals surface area contributed by atoms with E-state index in [-0.39, 0.29) is 11.6 Å². The van der Waals surface area contributed by atoms with Crippen molar-refractivity contribution in [3.63, 3.8) is 0 Å². The van der Waals surface area contributed by atoms with Crippen LogP contribution in [0.15, 0.2) is 0 Å². The zero-order valence-electron chi connectivity index (χ0n) is 6.74. The number of nitrogens with zero attached hydrogens (tertiary/aromatic N) is 3. The Hall–Kier alpha value is -1.79. The monoisotopic (exact) mass is 171 g/mol. The Morgan fingerprint density at radius 3 is 2.50 bits per heavy atom. The van der Waals surface area contributed by atoms with E-state index in [4.69, 9.17) is 5.73 Å². The Morgan fingerprint density at radius 1 is 1.67 bits per heavy atom. The van der Waals surface area contributed by atoms with Crippen LogP contribution in [-0.2, 0) is 0 Å². The number of anilines is 2. The fraction of sp³-hybridized carbons (Fsp3) is 0.400. The third kappa shape index (κ3) is 1.29. The summed E-state index contributed by atoms with van der Waals surface area (Å²) in [6.45, 7) is 0. The van der Waals surface area contributed by atoms with Gasteiger partial charge in [0.15, 0.2) is 0 Å². The highest BCUT2D eigenvalue weighted by Crippen LogP contribution is 2.20. The normalized spacial score (nSPS) is 9.83. The molecule has 0 spiro atoms. The Kier molecular flexibility index (Phi) is 1.86. The predicted octanol–water partition coefficient (Wildman–Crippen LogP) is -0.0339. The van der Waals surface area contributed by atoms with Gasteiger partial charge in [-0.2, -0.15) is 4.98 Å². The van der Waals surface area contributed by atoms with E-state index in [2.05, 4.69) is 9.97 Å². The molecule has 1 aromatic rings. The number of rotatable bonds is 2. The molecule has 0 fully saturated rings. The third-order valence-electron chi connectivity index (χ3n) is 1.31. The van der Waals surface area contributed by atoms with Gasteiger partial charge in [-0.1, -0.05) is 0 Å². The number of nitro groups is 1. The smallest absolute Gasteiger partial charge is 0.366 e. The second-order valence-corrected chi connectivity index (χ2v) is 2.45. The molecule has 7 heteroatoms. The molecule has 0 saturated heterocycles. The number of aromatic nitrogens is 2. The standard InChI is InChI=1S/C5H9N5O2/c1-9(2)5-7-3(6)4(8-5)10(11)12/h6H2,1-2H3,(H,7,8). The van der Waals surface area contributed by atoms with E-state index in [1.807, 2.05) is 0 Å². The van der Waals surface area contributed by atoms with E-state index in [1.54, 1.807) is 19.0 Å². The van der Waals surface area contributed by atoms with Crippen LogP contribution in [0.2, 0.25) is 0 Å². The minimum absolute atomic E-state index is 0.0938. The van der Waals surface area contributed by atoms with E-state index in [1.165, 1.54) is 0 Å². The van der Waals surface area contributed by atoms with Gasteiger partial charge in [0.2, 0.25) is 5.82 Å². The number of aromatic amines is 1. The number of imidazole rings is 1. The number of hydrogen-bond donors (Lipinski definition) is 2. The summed E-state index contributed by atoms with van der Waals surface area (Å²) in [6, 6.07) is 0. The topological polar surface area (TPSA) is 101 Å². The first-order valence-corrected chi connectivity index (χ1v) is 3.19. The SMILES string of the molecule is CN(C)c1nc(N)c([N+](=O)[O-])[nH]1. The van der Waals surface area contributed by atoms with Crippen molar-refractivity contribution in [1.29, 1.82) is 0 Å².